The van der Waals surface area contributed by atoms with Gasteiger partial charge in [-0.05, 0) is 55.7 Å². The molecule has 0 aromatic heterocycles. The van der Waals surface area contributed by atoms with Gasteiger partial charge in [0.05, 0.1) is 0 Å². The standard InChI is InChI=1S/C21H21O10P/c1-10-4-7-13(22)16(25)19(10)29-32(28,30-20-11(2)5-8-14(23)17(20)26)31-21-12(3)6-9-15(24)18(21)27/h4-9,22-27H,1-3H3. The Morgan fingerprint density at radius 2 is 0.781 bits per heavy atom. The maximum atomic E-state index is 13.7. The molecule has 10 nitrogen and oxygen atoms in total. The molecule has 0 bridgehead atoms. The van der Waals surface area contributed by atoms with Gasteiger partial charge in [-0.15, -0.1) is 0 Å². The van der Waals surface area contributed by atoms with Gasteiger partial charge in [0.25, 0.3) is 0 Å². The van der Waals surface area contributed by atoms with Crippen LogP contribution in [-0.4, -0.2) is 30.6 Å². The van der Waals surface area contributed by atoms with Crippen molar-refractivity contribution in [2.75, 3.05) is 0 Å². The lowest BCUT2D eigenvalue weighted by Gasteiger charge is -2.23. The van der Waals surface area contributed by atoms with Gasteiger partial charge in [-0.25, -0.2) is 0 Å². The monoisotopic (exact) mass is 464 g/mol. The van der Waals surface area contributed by atoms with Crippen LogP contribution >= 0.6 is 7.82 Å². The van der Waals surface area contributed by atoms with Gasteiger partial charge in [0.15, 0.2) is 34.5 Å². The Morgan fingerprint density at radius 1 is 0.531 bits per heavy atom. The van der Waals surface area contributed by atoms with E-state index >= 15 is 0 Å². The van der Waals surface area contributed by atoms with Crippen LogP contribution in [0.5, 0.6) is 51.7 Å². The summed E-state index contributed by atoms with van der Waals surface area (Å²) >= 11 is 0. The van der Waals surface area contributed by atoms with Crippen LogP contribution < -0.4 is 13.6 Å². The van der Waals surface area contributed by atoms with Crippen molar-refractivity contribution in [2.45, 2.75) is 20.8 Å². The number of phosphoric acid groups is 1. The van der Waals surface area contributed by atoms with Crippen molar-refractivity contribution < 1.29 is 48.8 Å². The predicted octanol–water partition coefficient (Wildman–Crippen LogP) is 4.49. The average molecular weight is 464 g/mol. The number of hydrogen-bond donors (Lipinski definition) is 6. The first-order valence-electron chi connectivity index (χ1n) is 9.17. The van der Waals surface area contributed by atoms with E-state index in [1.165, 1.54) is 57.2 Å². The highest BCUT2D eigenvalue weighted by atomic mass is 31.2. The third-order valence-electron chi connectivity index (χ3n) is 4.53. The van der Waals surface area contributed by atoms with E-state index in [2.05, 4.69) is 0 Å². The third-order valence-corrected chi connectivity index (χ3v) is 5.75. The summed E-state index contributed by atoms with van der Waals surface area (Å²) in [5.41, 5.74) is 0.712. The van der Waals surface area contributed by atoms with E-state index in [4.69, 9.17) is 13.6 Å². The lowest BCUT2D eigenvalue weighted by atomic mass is 10.2. The Morgan fingerprint density at radius 3 is 1.03 bits per heavy atom. The highest BCUT2D eigenvalue weighted by Gasteiger charge is 2.38. The summed E-state index contributed by atoms with van der Waals surface area (Å²) in [6.07, 6.45) is 0. The molecule has 0 atom stereocenters. The van der Waals surface area contributed by atoms with Crippen molar-refractivity contribution >= 4 is 7.82 Å². The van der Waals surface area contributed by atoms with Gasteiger partial charge in [0.2, 0.25) is 17.2 Å². The van der Waals surface area contributed by atoms with Gasteiger partial charge < -0.3 is 44.2 Å². The molecule has 6 N–H and O–H groups in total. The Kier molecular flexibility index (Phi) is 5.92. The lowest BCUT2D eigenvalue weighted by Crippen LogP contribution is -2.10. The molecule has 0 saturated heterocycles. The highest BCUT2D eigenvalue weighted by Crippen LogP contribution is 2.58. The van der Waals surface area contributed by atoms with E-state index in [1.807, 2.05) is 0 Å². The van der Waals surface area contributed by atoms with E-state index in [0.717, 1.165) is 0 Å². The van der Waals surface area contributed by atoms with Gasteiger partial charge in [-0.2, -0.15) is 4.57 Å². The van der Waals surface area contributed by atoms with Crippen molar-refractivity contribution in [3.05, 3.63) is 53.1 Å². The molecule has 0 radical (unpaired) electrons. The zero-order valence-corrected chi connectivity index (χ0v) is 18.1. The Labute approximate surface area is 182 Å². The largest absolute Gasteiger partial charge is 0.647 e. The van der Waals surface area contributed by atoms with Crippen LogP contribution in [0.15, 0.2) is 36.4 Å². The van der Waals surface area contributed by atoms with E-state index < -0.39 is 59.6 Å². The molecular formula is C21H21O10P. The van der Waals surface area contributed by atoms with E-state index in [1.54, 1.807) is 0 Å². The second-order valence-corrected chi connectivity index (χ2v) is 8.40. The Balaban J connectivity index is 2.16. The minimum Gasteiger partial charge on any atom is -0.504 e. The van der Waals surface area contributed by atoms with Crippen molar-refractivity contribution in [1.29, 1.82) is 0 Å². The number of phenols is 6. The summed E-state index contributed by atoms with van der Waals surface area (Å²) in [5, 5.41) is 60.0. The van der Waals surface area contributed by atoms with Crippen molar-refractivity contribution in [3.8, 4) is 51.7 Å². The molecule has 3 aromatic rings. The summed E-state index contributed by atoms with van der Waals surface area (Å²) < 4.78 is 29.8. The molecule has 0 unspecified atom stereocenters. The molecule has 0 aliphatic heterocycles. The fraction of sp³-hybridized carbons (Fsp3) is 0.143. The first kappa shape index (κ1) is 22.8. The number of benzene rings is 3. The molecule has 170 valence electrons. The summed E-state index contributed by atoms with van der Waals surface area (Å²) in [6, 6.07) is 7.64. The summed E-state index contributed by atoms with van der Waals surface area (Å²) in [5.74, 6) is -5.38. The van der Waals surface area contributed by atoms with Crippen LogP contribution in [0, 0.1) is 20.8 Å². The SMILES string of the molecule is Cc1ccc(O)c(O)c1OP(=O)(Oc1c(C)ccc(O)c1O)Oc1c(C)ccc(O)c1O. The lowest BCUT2D eigenvalue weighted by molar-refractivity contribution is 0.275. The second kappa shape index (κ2) is 8.32. The minimum atomic E-state index is -4.92. The first-order valence-corrected chi connectivity index (χ1v) is 10.6. The molecule has 0 fully saturated rings. The number of rotatable bonds is 6. The highest BCUT2D eigenvalue weighted by molar-refractivity contribution is 7.49. The van der Waals surface area contributed by atoms with E-state index in [-0.39, 0.29) is 16.7 Å². The molecule has 32 heavy (non-hydrogen) atoms. The second-order valence-electron chi connectivity index (χ2n) is 6.96. The summed E-state index contributed by atoms with van der Waals surface area (Å²) in [6.45, 7) is 4.44. The molecule has 11 heteroatoms. The predicted molar refractivity (Wildman–Crippen MR) is 113 cm³/mol. The molecule has 0 heterocycles. The molecule has 0 spiro atoms. The fourth-order valence-electron chi connectivity index (χ4n) is 2.72. The number of aryl methyl sites for hydroxylation is 3. The number of phenolic OH excluding ortho intramolecular Hbond substituents is 6. The molecule has 0 saturated carbocycles. The fourth-order valence-corrected chi connectivity index (χ4v) is 4.20. The topological polar surface area (TPSA) is 166 Å². The van der Waals surface area contributed by atoms with Crippen LogP contribution in [0.3, 0.4) is 0 Å². The molecule has 0 aliphatic rings. The molecular weight excluding hydrogens is 443 g/mol. The molecule has 0 amide bonds. The third kappa shape index (κ3) is 4.26. The average Bonchev–Trinajstić information content (AvgIpc) is 2.75. The normalized spacial score (nSPS) is 11.2. The van der Waals surface area contributed by atoms with Crippen LogP contribution in [0.2, 0.25) is 0 Å². The van der Waals surface area contributed by atoms with Crippen LogP contribution in [-0.2, 0) is 4.57 Å². The maximum Gasteiger partial charge on any atom is 0.647 e. The van der Waals surface area contributed by atoms with Crippen LogP contribution in [0.25, 0.3) is 0 Å². The Hall–Kier alpha value is -3.91. The zero-order chi connectivity index (χ0) is 23.8. The van der Waals surface area contributed by atoms with Gasteiger partial charge in [0.1, 0.15) is 0 Å². The van der Waals surface area contributed by atoms with Crippen molar-refractivity contribution in [3.63, 3.8) is 0 Å². The van der Waals surface area contributed by atoms with E-state index in [9.17, 15) is 35.2 Å². The molecule has 3 rings (SSSR count). The van der Waals surface area contributed by atoms with Crippen LogP contribution in [0.4, 0.5) is 0 Å². The van der Waals surface area contributed by atoms with Gasteiger partial charge in [-0.1, -0.05) is 18.2 Å². The first-order chi connectivity index (χ1) is 14.9. The van der Waals surface area contributed by atoms with Gasteiger partial charge >= 0.3 is 7.82 Å². The summed E-state index contributed by atoms with van der Waals surface area (Å²) in [7, 11) is -4.92. The Bertz CT molecular complexity index is 1090. The quantitative estimate of drug-likeness (QED) is 0.226. The smallest absolute Gasteiger partial charge is 0.504 e. The molecule has 3 aromatic carbocycles. The maximum absolute atomic E-state index is 13.7. The minimum absolute atomic E-state index is 0.237. The number of hydrogen-bond acceptors (Lipinski definition) is 10. The number of phosphoric ester groups is 1. The zero-order valence-electron chi connectivity index (χ0n) is 17.2. The molecule has 0 aliphatic carbocycles. The van der Waals surface area contributed by atoms with Crippen molar-refractivity contribution in [2.24, 2.45) is 0 Å². The number of aromatic hydroxyl groups is 6. The van der Waals surface area contributed by atoms with Gasteiger partial charge in [-0.3, -0.25) is 0 Å². The van der Waals surface area contributed by atoms with Crippen molar-refractivity contribution in [1.82, 2.24) is 0 Å². The summed E-state index contributed by atoms with van der Waals surface area (Å²) in [4.78, 5) is 0. The van der Waals surface area contributed by atoms with Gasteiger partial charge in [0, 0.05) is 0 Å². The van der Waals surface area contributed by atoms with Crippen LogP contribution in [0.1, 0.15) is 16.7 Å². The van der Waals surface area contributed by atoms with E-state index in [0.29, 0.717) is 0 Å².